The normalized spacial score (nSPS) is 17.6. The maximum absolute atomic E-state index is 12.6. The summed E-state index contributed by atoms with van der Waals surface area (Å²) < 4.78 is 11.6. The molecule has 25 heavy (non-hydrogen) atoms. The summed E-state index contributed by atoms with van der Waals surface area (Å²) in [5, 5.41) is 0. The summed E-state index contributed by atoms with van der Waals surface area (Å²) in [5.41, 5.74) is 2.01. The molecule has 0 spiro atoms. The van der Waals surface area contributed by atoms with Gasteiger partial charge in [-0.2, -0.15) is 0 Å². The molecule has 1 amide bonds. The molecule has 1 aliphatic heterocycles. The van der Waals surface area contributed by atoms with Gasteiger partial charge in [0.15, 0.2) is 0 Å². The van der Waals surface area contributed by atoms with Crippen molar-refractivity contribution in [1.29, 1.82) is 0 Å². The fraction of sp³-hybridized carbons (Fsp3) is 0.381. The summed E-state index contributed by atoms with van der Waals surface area (Å²) >= 11 is 0. The number of carbonyl (C=O) groups is 1. The largest absolute Gasteiger partial charge is 0.491 e. The van der Waals surface area contributed by atoms with Gasteiger partial charge in [-0.1, -0.05) is 44.2 Å². The van der Waals surface area contributed by atoms with Crippen LogP contribution in [0.15, 0.2) is 54.6 Å². The maximum Gasteiger partial charge on any atom is 0.254 e. The molecule has 0 bridgehead atoms. The molecular formula is C21H25NO3. The van der Waals surface area contributed by atoms with E-state index in [-0.39, 0.29) is 12.0 Å². The molecule has 1 unspecified atom stereocenters. The number of benzene rings is 2. The molecule has 1 atom stereocenters. The lowest BCUT2D eigenvalue weighted by molar-refractivity contribution is -0.0401. The number of nitrogens with zero attached hydrogens (tertiary/aromatic N) is 1. The first-order valence-electron chi connectivity index (χ1n) is 8.82. The lowest BCUT2D eigenvalue weighted by Crippen LogP contribution is -2.47. The smallest absolute Gasteiger partial charge is 0.254 e. The van der Waals surface area contributed by atoms with Gasteiger partial charge in [0, 0.05) is 12.1 Å². The molecule has 3 rings (SSSR count). The standard InChI is InChI=1S/C21H25NO3/c1-16(2)17-8-10-19(11-9-17)25-15-20-14-22(12-13-24-20)21(23)18-6-4-3-5-7-18/h3-11,16,20H,12-15H2,1-2H3. The molecule has 1 saturated heterocycles. The Hall–Kier alpha value is -2.33. The van der Waals surface area contributed by atoms with Crippen LogP contribution >= 0.6 is 0 Å². The lowest BCUT2D eigenvalue weighted by atomic mass is 10.0. The van der Waals surface area contributed by atoms with Crippen molar-refractivity contribution in [1.82, 2.24) is 4.90 Å². The fourth-order valence-corrected chi connectivity index (χ4v) is 2.91. The Morgan fingerprint density at radius 2 is 1.88 bits per heavy atom. The molecule has 0 N–H and O–H groups in total. The third kappa shape index (κ3) is 4.60. The van der Waals surface area contributed by atoms with E-state index in [0.717, 1.165) is 5.75 Å². The minimum Gasteiger partial charge on any atom is -0.491 e. The summed E-state index contributed by atoms with van der Waals surface area (Å²) in [6.07, 6.45) is -0.105. The first kappa shape index (κ1) is 17.5. The zero-order valence-electron chi connectivity index (χ0n) is 14.9. The van der Waals surface area contributed by atoms with E-state index in [4.69, 9.17) is 9.47 Å². The van der Waals surface area contributed by atoms with Crippen LogP contribution < -0.4 is 4.74 Å². The number of rotatable bonds is 5. The van der Waals surface area contributed by atoms with E-state index in [0.29, 0.717) is 37.8 Å². The Morgan fingerprint density at radius 3 is 2.56 bits per heavy atom. The summed E-state index contributed by atoms with van der Waals surface area (Å²) in [6.45, 7) is 6.50. The van der Waals surface area contributed by atoms with Crippen LogP contribution in [0.25, 0.3) is 0 Å². The topological polar surface area (TPSA) is 38.8 Å². The van der Waals surface area contributed by atoms with Crippen LogP contribution in [-0.2, 0) is 4.74 Å². The van der Waals surface area contributed by atoms with Gasteiger partial charge in [-0.05, 0) is 35.7 Å². The number of amides is 1. The SMILES string of the molecule is CC(C)c1ccc(OCC2CN(C(=O)c3ccccc3)CCO2)cc1. The van der Waals surface area contributed by atoms with E-state index in [1.807, 2.05) is 47.4 Å². The maximum atomic E-state index is 12.6. The Kier molecular flexibility index (Phi) is 5.71. The van der Waals surface area contributed by atoms with Gasteiger partial charge in [-0.25, -0.2) is 0 Å². The Labute approximate surface area is 149 Å². The van der Waals surface area contributed by atoms with Gasteiger partial charge in [-0.3, -0.25) is 4.79 Å². The minimum atomic E-state index is -0.105. The first-order chi connectivity index (χ1) is 12.1. The second-order valence-corrected chi connectivity index (χ2v) is 6.64. The van der Waals surface area contributed by atoms with Crippen LogP contribution in [0, 0.1) is 0 Å². The quantitative estimate of drug-likeness (QED) is 0.833. The number of hydrogen-bond donors (Lipinski definition) is 0. The second-order valence-electron chi connectivity index (χ2n) is 6.64. The van der Waals surface area contributed by atoms with Crippen LogP contribution in [0.3, 0.4) is 0 Å². The highest BCUT2D eigenvalue weighted by Crippen LogP contribution is 2.19. The third-order valence-electron chi connectivity index (χ3n) is 4.43. The molecule has 4 heteroatoms. The monoisotopic (exact) mass is 339 g/mol. The fourth-order valence-electron chi connectivity index (χ4n) is 2.91. The van der Waals surface area contributed by atoms with Crippen molar-refractivity contribution in [3.8, 4) is 5.75 Å². The molecule has 0 saturated carbocycles. The van der Waals surface area contributed by atoms with Crippen LogP contribution in [-0.4, -0.2) is 43.2 Å². The molecule has 2 aromatic carbocycles. The Morgan fingerprint density at radius 1 is 1.16 bits per heavy atom. The van der Waals surface area contributed by atoms with E-state index in [2.05, 4.69) is 26.0 Å². The minimum absolute atomic E-state index is 0.0511. The van der Waals surface area contributed by atoms with Crippen LogP contribution in [0.1, 0.15) is 35.7 Å². The molecule has 2 aromatic rings. The number of morpholine rings is 1. The molecule has 4 nitrogen and oxygen atoms in total. The highest BCUT2D eigenvalue weighted by molar-refractivity contribution is 5.94. The molecule has 1 aliphatic rings. The number of ether oxygens (including phenoxy) is 2. The molecule has 1 fully saturated rings. The number of hydrogen-bond acceptors (Lipinski definition) is 3. The van der Waals surface area contributed by atoms with Crippen molar-refractivity contribution in [2.75, 3.05) is 26.3 Å². The van der Waals surface area contributed by atoms with Crippen molar-refractivity contribution >= 4 is 5.91 Å². The van der Waals surface area contributed by atoms with Crippen molar-refractivity contribution in [2.24, 2.45) is 0 Å². The van der Waals surface area contributed by atoms with Crippen LogP contribution in [0.5, 0.6) is 5.75 Å². The van der Waals surface area contributed by atoms with E-state index in [9.17, 15) is 4.79 Å². The lowest BCUT2D eigenvalue weighted by Gasteiger charge is -2.33. The predicted octanol–water partition coefficient (Wildman–Crippen LogP) is 3.73. The van der Waals surface area contributed by atoms with E-state index in [1.165, 1.54) is 5.56 Å². The molecule has 1 heterocycles. The second kappa shape index (κ2) is 8.17. The summed E-state index contributed by atoms with van der Waals surface area (Å²) in [7, 11) is 0. The highest BCUT2D eigenvalue weighted by atomic mass is 16.5. The zero-order valence-corrected chi connectivity index (χ0v) is 14.9. The molecule has 0 aromatic heterocycles. The van der Waals surface area contributed by atoms with Gasteiger partial charge >= 0.3 is 0 Å². The van der Waals surface area contributed by atoms with Gasteiger partial charge in [0.05, 0.1) is 13.2 Å². The van der Waals surface area contributed by atoms with Gasteiger partial charge in [0.1, 0.15) is 18.5 Å². The summed E-state index contributed by atoms with van der Waals surface area (Å²) in [5.74, 6) is 1.39. The van der Waals surface area contributed by atoms with Crippen molar-refractivity contribution in [3.05, 3.63) is 65.7 Å². The van der Waals surface area contributed by atoms with Crippen molar-refractivity contribution in [2.45, 2.75) is 25.9 Å². The Balaban J connectivity index is 1.54. The average Bonchev–Trinajstić information content (AvgIpc) is 2.67. The molecule has 0 radical (unpaired) electrons. The summed E-state index contributed by atoms with van der Waals surface area (Å²) in [4.78, 5) is 14.4. The molecule has 0 aliphatic carbocycles. The van der Waals surface area contributed by atoms with Crippen LogP contribution in [0.4, 0.5) is 0 Å². The van der Waals surface area contributed by atoms with Crippen LogP contribution in [0.2, 0.25) is 0 Å². The van der Waals surface area contributed by atoms with E-state index < -0.39 is 0 Å². The molecule has 132 valence electrons. The van der Waals surface area contributed by atoms with Gasteiger partial charge < -0.3 is 14.4 Å². The van der Waals surface area contributed by atoms with Crippen molar-refractivity contribution < 1.29 is 14.3 Å². The van der Waals surface area contributed by atoms with Gasteiger partial charge in [-0.15, -0.1) is 0 Å². The zero-order chi connectivity index (χ0) is 17.6. The third-order valence-corrected chi connectivity index (χ3v) is 4.43. The van der Waals surface area contributed by atoms with Gasteiger partial charge in [0.25, 0.3) is 5.91 Å². The number of carbonyl (C=O) groups excluding carboxylic acids is 1. The summed E-state index contributed by atoms with van der Waals surface area (Å²) in [6, 6.07) is 17.5. The average molecular weight is 339 g/mol. The predicted molar refractivity (Wildman–Crippen MR) is 98.1 cm³/mol. The van der Waals surface area contributed by atoms with E-state index in [1.54, 1.807) is 0 Å². The van der Waals surface area contributed by atoms with E-state index >= 15 is 0 Å². The van der Waals surface area contributed by atoms with Crippen molar-refractivity contribution in [3.63, 3.8) is 0 Å². The highest BCUT2D eigenvalue weighted by Gasteiger charge is 2.25. The molecular weight excluding hydrogens is 314 g/mol. The first-order valence-corrected chi connectivity index (χ1v) is 8.82. The van der Waals surface area contributed by atoms with Gasteiger partial charge in [0.2, 0.25) is 0 Å². The Bertz CT molecular complexity index is 682.